The fourth-order valence-electron chi connectivity index (χ4n) is 2.80. The highest BCUT2D eigenvalue weighted by atomic mass is 16.5. The van der Waals surface area contributed by atoms with Gasteiger partial charge >= 0.3 is 0 Å². The molecule has 0 spiro atoms. The normalized spacial score (nSPS) is 15.8. The summed E-state index contributed by atoms with van der Waals surface area (Å²) in [6.07, 6.45) is 1.81. The topological polar surface area (TPSA) is 87.9 Å². The Kier molecular flexibility index (Phi) is 5.11. The molecule has 1 aliphatic rings. The fraction of sp³-hybridized carbons (Fsp3) is 0.389. The molecule has 3 rings (SSSR count). The number of rotatable bonds is 5. The third-order valence-corrected chi connectivity index (χ3v) is 4.34. The van der Waals surface area contributed by atoms with Gasteiger partial charge in [-0.05, 0) is 18.2 Å². The van der Waals surface area contributed by atoms with Crippen LogP contribution in [-0.4, -0.2) is 55.7 Å². The van der Waals surface area contributed by atoms with E-state index < -0.39 is 0 Å². The molecule has 0 fully saturated rings. The van der Waals surface area contributed by atoms with E-state index in [4.69, 9.17) is 9.26 Å². The van der Waals surface area contributed by atoms with Crippen LogP contribution in [0.15, 0.2) is 35.0 Å². The number of benzene rings is 1. The summed E-state index contributed by atoms with van der Waals surface area (Å²) in [7, 11) is 5.33. The standard InChI is InChI=1S/C18H22N4O4/c1-21(2)18(24)12-4-5-16-15(8-12)22(3)13(11-25-16)9-17(23)19-10-14-6-7-20-26-14/h4-8,13H,9-11H2,1-3H3,(H,19,23)/t13-/m1/s1. The molecule has 0 saturated carbocycles. The molecule has 1 N–H and O–H groups in total. The maximum absolute atomic E-state index is 12.2. The minimum atomic E-state index is -0.123. The molecule has 138 valence electrons. The largest absolute Gasteiger partial charge is 0.489 e. The number of nitrogens with one attached hydrogen (secondary N) is 1. The molecule has 2 amide bonds. The Morgan fingerprint density at radius 2 is 2.15 bits per heavy atom. The quantitative estimate of drug-likeness (QED) is 0.866. The molecule has 2 heterocycles. The van der Waals surface area contributed by atoms with Crippen LogP contribution in [-0.2, 0) is 11.3 Å². The molecule has 1 aromatic carbocycles. The molecule has 1 aromatic heterocycles. The zero-order valence-corrected chi connectivity index (χ0v) is 15.1. The van der Waals surface area contributed by atoms with Crippen molar-refractivity contribution in [2.75, 3.05) is 32.6 Å². The average molecular weight is 358 g/mol. The first-order chi connectivity index (χ1) is 12.5. The fourth-order valence-corrected chi connectivity index (χ4v) is 2.80. The summed E-state index contributed by atoms with van der Waals surface area (Å²) in [6, 6.07) is 6.93. The molecule has 1 atom stereocenters. The maximum Gasteiger partial charge on any atom is 0.253 e. The van der Waals surface area contributed by atoms with E-state index in [-0.39, 0.29) is 24.3 Å². The van der Waals surface area contributed by atoms with Crippen LogP contribution in [0.3, 0.4) is 0 Å². The van der Waals surface area contributed by atoms with Crippen LogP contribution < -0.4 is 15.0 Å². The van der Waals surface area contributed by atoms with E-state index in [0.29, 0.717) is 30.2 Å². The van der Waals surface area contributed by atoms with E-state index >= 15 is 0 Å². The minimum Gasteiger partial charge on any atom is -0.489 e. The first kappa shape index (κ1) is 17.8. The first-order valence-corrected chi connectivity index (χ1v) is 8.33. The van der Waals surface area contributed by atoms with Crippen molar-refractivity contribution in [3.05, 3.63) is 41.8 Å². The maximum atomic E-state index is 12.2. The van der Waals surface area contributed by atoms with Crippen LogP contribution in [0.25, 0.3) is 0 Å². The van der Waals surface area contributed by atoms with Crippen LogP contribution in [0.2, 0.25) is 0 Å². The molecular formula is C18H22N4O4. The van der Waals surface area contributed by atoms with Gasteiger partial charge in [0.15, 0.2) is 5.76 Å². The highest BCUT2D eigenvalue weighted by Crippen LogP contribution is 2.34. The van der Waals surface area contributed by atoms with Crippen molar-refractivity contribution in [2.24, 2.45) is 0 Å². The number of fused-ring (bicyclic) bond motifs is 1. The molecule has 0 saturated heterocycles. The monoisotopic (exact) mass is 358 g/mol. The van der Waals surface area contributed by atoms with Gasteiger partial charge in [-0.1, -0.05) is 5.16 Å². The van der Waals surface area contributed by atoms with Crippen LogP contribution in [0, 0.1) is 0 Å². The van der Waals surface area contributed by atoms with Gasteiger partial charge in [-0.2, -0.15) is 0 Å². The van der Waals surface area contributed by atoms with Gasteiger partial charge in [0, 0.05) is 32.8 Å². The van der Waals surface area contributed by atoms with Gasteiger partial charge in [0.1, 0.15) is 12.4 Å². The summed E-state index contributed by atoms with van der Waals surface area (Å²) < 4.78 is 10.7. The number of hydrogen-bond acceptors (Lipinski definition) is 6. The molecule has 0 aliphatic carbocycles. The van der Waals surface area contributed by atoms with Crippen molar-refractivity contribution in [1.29, 1.82) is 0 Å². The Morgan fingerprint density at radius 3 is 2.85 bits per heavy atom. The predicted octanol–water partition coefficient (Wildman–Crippen LogP) is 1.28. The zero-order chi connectivity index (χ0) is 18.7. The first-order valence-electron chi connectivity index (χ1n) is 8.33. The highest BCUT2D eigenvalue weighted by Gasteiger charge is 2.27. The number of likely N-dealkylation sites (N-methyl/N-ethyl adjacent to an activating group) is 1. The molecule has 0 radical (unpaired) electrons. The SMILES string of the molecule is CN(C)C(=O)c1ccc2c(c1)N(C)[C@H](CC(=O)NCc1ccno1)CO2. The smallest absolute Gasteiger partial charge is 0.253 e. The Labute approximate surface area is 151 Å². The Balaban J connectivity index is 1.66. The summed E-state index contributed by atoms with van der Waals surface area (Å²) in [5.74, 6) is 1.13. The van der Waals surface area contributed by atoms with Crippen LogP contribution in [0.4, 0.5) is 5.69 Å². The van der Waals surface area contributed by atoms with Crippen molar-refractivity contribution >= 4 is 17.5 Å². The molecule has 26 heavy (non-hydrogen) atoms. The number of ether oxygens (including phenoxy) is 1. The number of hydrogen-bond donors (Lipinski definition) is 1. The number of nitrogens with zero attached hydrogens (tertiary/aromatic N) is 3. The van der Waals surface area contributed by atoms with Gasteiger partial charge in [-0.3, -0.25) is 9.59 Å². The van der Waals surface area contributed by atoms with Crippen molar-refractivity contribution in [1.82, 2.24) is 15.4 Å². The van der Waals surface area contributed by atoms with Crippen LogP contribution in [0.1, 0.15) is 22.5 Å². The van der Waals surface area contributed by atoms with E-state index in [1.807, 2.05) is 11.9 Å². The van der Waals surface area contributed by atoms with Gasteiger partial charge in [-0.15, -0.1) is 0 Å². The summed E-state index contributed by atoms with van der Waals surface area (Å²) in [4.78, 5) is 27.9. The average Bonchev–Trinajstić information content (AvgIpc) is 3.15. The van der Waals surface area contributed by atoms with E-state index in [1.165, 1.54) is 11.1 Å². The van der Waals surface area contributed by atoms with Crippen molar-refractivity contribution in [3.63, 3.8) is 0 Å². The van der Waals surface area contributed by atoms with Gasteiger partial charge < -0.3 is 24.4 Å². The highest BCUT2D eigenvalue weighted by molar-refractivity contribution is 5.95. The van der Waals surface area contributed by atoms with Gasteiger partial charge in [0.25, 0.3) is 5.91 Å². The van der Waals surface area contributed by atoms with E-state index in [1.54, 1.807) is 38.4 Å². The van der Waals surface area contributed by atoms with E-state index in [2.05, 4.69) is 10.5 Å². The van der Waals surface area contributed by atoms with Gasteiger partial charge in [-0.25, -0.2) is 0 Å². The second-order valence-corrected chi connectivity index (χ2v) is 6.42. The number of carbonyl (C=O) groups is 2. The molecule has 0 bridgehead atoms. The number of aromatic nitrogens is 1. The lowest BCUT2D eigenvalue weighted by Gasteiger charge is -2.35. The van der Waals surface area contributed by atoms with E-state index in [9.17, 15) is 9.59 Å². The third-order valence-electron chi connectivity index (χ3n) is 4.34. The van der Waals surface area contributed by atoms with Crippen molar-refractivity contribution in [3.8, 4) is 5.75 Å². The lowest BCUT2D eigenvalue weighted by molar-refractivity contribution is -0.121. The lowest BCUT2D eigenvalue weighted by Crippen LogP contribution is -2.43. The lowest BCUT2D eigenvalue weighted by atomic mass is 10.1. The third kappa shape index (κ3) is 3.79. The summed E-state index contributed by atoms with van der Waals surface area (Å²) in [5, 5.41) is 6.41. The van der Waals surface area contributed by atoms with Crippen molar-refractivity contribution in [2.45, 2.75) is 19.0 Å². The Morgan fingerprint density at radius 1 is 1.35 bits per heavy atom. The second-order valence-electron chi connectivity index (χ2n) is 6.42. The molecule has 0 unspecified atom stereocenters. The number of anilines is 1. The van der Waals surface area contributed by atoms with Crippen molar-refractivity contribution < 1.29 is 18.8 Å². The number of amides is 2. The van der Waals surface area contributed by atoms with Gasteiger partial charge in [0.2, 0.25) is 5.91 Å². The molecule has 8 nitrogen and oxygen atoms in total. The molecule has 8 heteroatoms. The number of carbonyl (C=O) groups excluding carboxylic acids is 2. The van der Waals surface area contributed by atoms with Crippen LogP contribution in [0.5, 0.6) is 5.75 Å². The predicted molar refractivity (Wildman–Crippen MR) is 95.1 cm³/mol. The Hall–Kier alpha value is -3.03. The summed E-state index contributed by atoms with van der Waals surface area (Å²) in [6.45, 7) is 0.703. The molecule has 1 aliphatic heterocycles. The zero-order valence-electron chi connectivity index (χ0n) is 15.1. The summed E-state index contributed by atoms with van der Waals surface area (Å²) in [5.41, 5.74) is 1.39. The van der Waals surface area contributed by atoms with E-state index in [0.717, 1.165) is 5.69 Å². The molecular weight excluding hydrogens is 336 g/mol. The Bertz CT molecular complexity index is 788. The second kappa shape index (κ2) is 7.47. The van der Waals surface area contributed by atoms with Crippen LogP contribution >= 0.6 is 0 Å². The van der Waals surface area contributed by atoms with Gasteiger partial charge in [0.05, 0.1) is 30.9 Å². The summed E-state index contributed by atoms with van der Waals surface area (Å²) >= 11 is 0. The molecule has 2 aromatic rings. The minimum absolute atomic E-state index is 0.0758.